The van der Waals surface area contributed by atoms with E-state index in [2.05, 4.69) is 5.32 Å². The molecule has 0 aliphatic carbocycles. The lowest BCUT2D eigenvalue weighted by atomic mass is 10.0. The lowest BCUT2D eigenvalue weighted by molar-refractivity contribution is -0.384. The number of nitrogens with one attached hydrogen (secondary N) is 1. The molecule has 0 spiro atoms. The minimum Gasteiger partial charge on any atom is -0.478 e. The van der Waals surface area contributed by atoms with Crippen LogP contribution in [0.1, 0.15) is 23.2 Å². The molecule has 0 aromatic heterocycles. The average Bonchev–Trinajstić information content (AvgIpc) is 2.46. The van der Waals surface area contributed by atoms with Gasteiger partial charge in [0.15, 0.2) is 0 Å². The van der Waals surface area contributed by atoms with Crippen LogP contribution in [0.2, 0.25) is 0 Å². The number of nitrogens with zero attached hydrogens (tertiary/aromatic N) is 2. The van der Waals surface area contributed by atoms with Crippen LogP contribution in [0.15, 0.2) is 18.2 Å². The summed E-state index contributed by atoms with van der Waals surface area (Å²) in [5, 5.41) is 23.3. The monoisotopic (exact) mass is 279 g/mol. The Morgan fingerprint density at radius 2 is 2.10 bits per heavy atom. The first-order chi connectivity index (χ1) is 9.50. The fourth-order valence-electron chi connectivity index (χ4n) is 2.51. The van der Waals surface area contributed by atoms with Gasteiger partial charge >= 0.3 is 5.97 Å². The Balaban J connectivity index is 2.34. The van der Waals surface area contributed by atoms with Crippen molar-refractivity contribution in [1.29, 1.82) is 0 Å². The molecule has 7 nitrogen and oxygen atoms in total. The van der Waals surface area contributed by atoms with E-state index in [0.717, 1.165) is 32.0 Å². The summed E-state index contributed by atoms with van der Waals surface area (Å²) in [6.45, 7) is 1.79. The third-order valence-electron chi connectivity index (χ3n) is 3.66. The van der Waals surface area contributed by atoms with E-state index in [1.54, 1.807) is 0 Å². The Labute approximate surface area is 116 Å². The summed E-state index contributed by atoms with van der Waals surface area (Å²) in [5.74, 6) is -1.15. The van der Waals surface area contributed by atoms with E-state index < -0.39 is 10.9 Å². The van der Waals surface area contributed by atoms with Crippen molar-refractivity contribution in [2.45, 2.75) is 18.9 Å². The Morgan fingerprint density at radius 3 is 2.65 bits per heavy atom. The first-order valence-corrected chi connectivity index (χ1v) is 6.46. The quantitative estimate of drug-likeness (QED) is 0.640. The highest BCUT2D eigenvalue weighted by Crippen LogP contribution is 2.28. The summed E-state index contributed by atoms with van der Waals surface area (Å²) < 4.78 is 0. The number of rotatable bonds is 4. The highest BCUT2D eigenvalue weighted by Gasteiger charge is 2.23. The zero-order valence-corrected chi connectivity index (χ0v) is 11.2. The fraction of sp³-hybridized carbons (Fsp3) is 0.462. The number of benzene rings is 1. The number of hydrogen-bond donors (Lipinski definition) is 2. The zero-order valence-electron chi connectivity index (χ0n) is 11.2. The highest BCUT2D eigenvalue weighted by atomic mass is 16.6. The Bertz CT molecular complexity index is 526. The van der Waals surface area contributed by atoms with Crippen LogP contribution in [0.4, 0.5) is 11.4 Å². The van der Waals surface area contributed by atoms with Crippen molar-refractivity contribution in [3.63, 3.8) is 0 Å². The maximum absolute atomic E-state index is 11.3. The molecule has 0 unspecified atom stereocenters. The lowest BCUT2D eigenvalue weighted by Crippen LogP contribution is -2.41. The maximum atomic E-state index is 11.3. The number of non-ortho nitro benzene ring substituents is 1. The van der Waals surface area contributed by atoms with E-state index in [1.807, 2.05) is 11.9 Å². The standard InChI is InChI=1S/C13H17N3O4/c1-15(9-4-6-14-7-5-9)12-3-2-10(16(19)20)8-11(12)13(17)18/h2-3,8-9,14H,4-7H2,1H3,(H,17,18). The van der Waals surface area contributed by atoms with Crippen molar-refractivity contribution < 1.29 is 14.8 Å². The molecule has 0 radical (unpaired) electrons. The van der Waals surface area contributed by atoms with Crippen molar-refractivity contribution in [2.24, 2.45) is 0 Å². The molecular weight excluding hydrogens is 262 g/mol. The lowest BCUT2D eigenvalue weighted by Gasteiger charge is -2.34. The number of carbonyl (C=O) groups is 1. The molecule has 1 aromatic carbocycles. The van der Waals surface area contributed by atoms with E-state index in [1.165, 1.54) is 12.1 Å². The predicted octanol–water partition coefficient (Wildman–Crippen LogP) is 1.48. The minimum atomic E-state index is -1.15. The van der Waals surface area contributed by atoms with Crippen LogP contribution in [-0.4, -0.2) is 42.2 Å². The molecule has 7 heteroatoms. The van der Waals surface area contributed by atoms with Gasteiger partial charge < -0.3 is 15.3 Å². The van der Waals surface area contributed by atoms with Crippen LogP contribution >= 0.6 is 0 Å². The van der Waals surface area contributed by atoms with Gasteiger partial charge in [0.1, 0.15) is 0 Å². The molecule has 2 rings (SSSR count). The van der Waals surface area contributed by atoms with Gasteiger partial charge in [-0.15, -0.1) is 0 Å². The molecule has 1 fully saturated rings. The number of nitro groups is 1. The summed E-state index contributed by atoms with van der Waals surface area (Å²) in [7, 11) is 1.84. The second-order valence-electron chi connectivity index (χ2n) is 4.86. The van der Waals surface area contributed by atoms with Crippen LogP contribution in [0.25, 0.3) is 0 Å². The van der Waals surface area contributed by atoms with Crippen molar-refractivity contribution in [3.8, 4) is 0 Å². The summed E-state index contributed by atoms with van der Waals surface area (Å²) in [5.41, 5.74) is 0.292. The van der Waals surface area contributed by atoms with Crippen molar-refractivity contribution >= 4 is 17.3 Å². The molecule has 0 atom stereocenters. The molecular formula is C13H17N3O4. The van der Waals surface area contributed by atoms with Crippen LogP contribution in [0, 0.1) is 10.1 Å². The van der Waals surface area contributed by atoms with E-state index in [4.69, 9.17) is 0 Å². The van der Waals surface area contributed by atoms with Crippen molar-refractivity contribution in [1.82, 2.24) is 5.32 Å². The van der Waals surface area contributed by atoms with Gasteiger partial charge in [-0.3, -0.25) is 10.1 Å². The van der Waals surface area contributed by atoms with E-state index in [-0.39, 0.29) is 17.3 Å². The molecule has 0 bridgehead atoms. The van der Waals surface area contributed by atoms with Gasteiger partial charge in [-0.1, -0.05) is 0 Å². The largest absolute Gasteiger partial charge is 0.478 e. The molecule has 2 N–H and O–H groups in total. The normalized spacial score (nSPS) is 15.8. The van der Waals surface area contributed by atoms with Gasteiger partial charge in [0.2, 0.25) is 0 Å². The number of nitro benzene ring substituents is 1. The van der Waals surface area contributed by atoms with Gasteiger partial charge in [0.25, 0.3) is 5.69 Å². The minimum absolute atomic E-state index is 0.0276. The van der Waals surface area contributed by atoms with Gasteiger partial charge in [0, 0.05) is 25.2 Å². The molecule has 20 heavy (non-hydrogen) atoms. The van der Waals surface area contributed by atoms with Crippen LogP contribution in [0.5, 0.6) is 0 Å². The van der Waals surface area contributed by atoms with E-state index in [0.29, 0.717) is 5.69 Å². The van der Waals surface area contributed by atoms with Gasteiger partial charge in [-0.25, -0.2) is 4.79 Å². The molecule has 1 saturated heterocycles. The second-order valence-corrected chi connectivity index (χ2v) is 4.86. The molecule has 1 aliphatic rings. The predicted molar refractivity (Wildman–Crippen MR) is 74.4 cm³/mol. The zero-order chi connectivity index (χ0) is 14.7. The van der Waals surface area contributed by atoms with E-state index in [9.17, 15) is 20.0 Å². The summed E-state index contributed by atoms with van der Waals surface area (Å²) in [6, 6.07) is 4.23. The van der Waals surface area contributed by atoms with Gasteiger partial charge in [-0.05, 0) is 32.0 Å². The first kappa shape index (κ1) is 14.3. The summed E-state index contributed by atoms with van der Waals surface area (Å²) >= 11 is 0. The second kappa shape index (κ2) is 5.87. The molecule has 108 valence electrons. The number of hydrogen-bond acceptors (Lipinski definition) is 5. The average molecular weight is 279 g/mol. The Kier molecular flexibility index (Phi) is 4.19. The third-order valence-corrected chi connectivity index (χ3v) is 3.66. The smallest absolute Gasteiger partial charge is 0.338 e. The molecule has 1 aliphatic heterocycles. The third kappa shape index (κ3) is 2.88. The topological polar surface area (TPSA) is 95.7 Å². The summed E-state index contributed by atoms with van der Waals surface area (Å²) in [6.07, 6.45) is 1.85. The van der Waals surface area contributed by atoms with E-state index >= 15 is 0 Å². The molecule has 1 aromatic rings. The molecule has 0 amide bonds. The van der Waals surface area contributed by atoms with Gasteiger partial charge in [-0.2, -0.15) is 0 Å². The van der Waals surface area contributed by atoms with Crippen molar-refractivity contribution in [2.75, 3.05) is 25.0 Å². The first-order valence-electron chi connectivity index (χ1n) is 6.46. The number of carboxylic acid groups (broad SMARTS) is 1. The molecule has 1 heterocycles. The SMILES string of the molecule is CN(c1ccc([N+](=O)[O-])cc1C(=O)O)C1CCNCC1. The maximum Gasteiger partial charge on any atom is 0.338 e. The Morgan fingerprint density at radius 1 is 1.45 bits per heavy atom. The number of anilines is 1. The number of aromatic carboxylic acids is 1. The highest BCUT2D eigenvalue weighted by molar-refractivity contribution is 5.95. The van der Waals surface area contributed by atoms with Gasteiger partial charge in [0.05, 0.1) is 16.2 Å². The summed E-state index contributed by atoms with van der Waals surface area (Å²) in [4.78, 5) is 23.4. The molecule has 0 saturated carbocycles. The number of piperidine rings is 1. The van der Waals surface area contributed by atoms with Crippen molar-refractivity contribution in [3.05, 3.63) is 33.9 Å². The Hall–Kier alpha value is -2.15. The number of carboxylic acids is 1. The van der Waals surface area contributed by atoms with Crippen LogP contribution in [-0.2, 0) is 0 Å². The van der Waals surface area contributed by atoms with Crippen LogP contribution in [0.3, 0.4) is 0 Å². The fourth-order valence-corrected chi connectivity index (χ4v) is 2.51. The van der Waals surface area contributed by atoms with Crippen LogP contribution < -0.4 is 10.2 Å².